The van der Waals surface area contributed by atoms with Crippen molar-refractivity contribution in [1.82, 2.24) is 8.80 Å². The molecule has 2 nitrogen and oxygen atoms in total. The molecule has 0 saturated carbocycles. The lowest BCUT2D eigenvalue weighted by Crippen LogP contribution is -1.81. The minimum Gasteiger partial charge on any atom is -0.308 e. The standard InChI is InChI=1S/C30H14F2N2/c31-15-10-12-20-23(13-15)33-21-7-3-1-5-17(21)25-27-19-11-9-16(32)14-24(19)34-22-8-4-2-6-18(22)26(30(27)34)28(20)29(25)33/h1-14H. The molecule has 0 fully saturated rings. The maximum atomic E-state index is 14.5. The van der Waals surface area contributed by atoms with Gasteiger partial charge in [-0.15, -0.1) is 0 Å². The Balaban J connectivity index is 1.81. The Labute approximate surface area is 190 Å². The third-order valence-electron chi connectivity index (χ3n) is 7.66. The minimum atomic E-state index is -0.246. The van der Waals surface area contributed by atoms with Crippen molar-refractivity contribution >= 4 is 76.2 Å². The summed E-state index contributed by atoms with van der Waals surface area (Å²) < 4.78 is 33.5. The molecule has 0 aliphatic heterocycles. The van der Waals surface area contributed by atoms with Crippen molar-refractivity contribution in [1.29, 1.82) is 0 Å². The summed E-state index contributed by atoms with van der Waals surface area (Å²) in [5, 5.41) is 8.85. The van der Waals surface area contributed by atoms with Crippen molar-refractivity contribution in [3.05, 3.63) is 96.6 Å². The first-order chi connectivity index (χ1) is 16.7. The van der Waals surface area contributed by atoms with Gasteiger partial charge in [-0.05, 0) is 48.5 Å². The molecule has 0 radical (unpaired) electrons. The molecule has 4 heteroatoms. The number of hydrogen-bond donors (Lipinski definition) is 0. The van der Waals surface area contributed by atoms with E-state index in [9.17, 15) is 8.78 Å². The van der Waals surface area contributed by atoms with Crippen LogP contribution in [0.15, 0.2) is 84.9 Å². The molecule has 4 aromatic heterocycles. The Bertz CT molecular complexity index is 2140. The molecule has 158 valence electrons. The average molecular weight is 440 g/mol. The van der Waals surface area contributed by atoms with E-state index in [0.717, 1.165) is 76.2 Å². The van der Waals surface area contributed by atoms with Crippen LogP contribution in [0, 0.1) is 11.6 Å². The van der Waals surface area contributed by atoms with Crippen molar-refractivity contribution in [2.75, 3.05) is 0 Å². The molecule has 5 aromatic carbocycles. The van der Waals surface area contributed by atoms with Crippen LogP contribution < -0.4 is 0 Å². The average Bonchev–Trinajstić information content (AvgIpc) is 3.55. The predicted molar refractivity (Wildman–Crippen MR) is 136 cm³/mol. The maximum absolute atomic E-state index is 14.5. The molecule has 9 aromatic rings. The lowest BCUT2D eigenvalue weighted by atomic mass is 9.97. The van der Waals surface area contributed by atoms with Gasteiger partial charge in [-0.2, -0.15) is 0 Å². The van der Waals surface area contributed by atoms with E-state index in [-0.39, 0.29) is 11.6 Å². The van der Waals surface area contributed by atoms with Crippen molar-refractivity contribution in [3.63, 3.8) is 0 Å². The van der Waals surface area contributed by atoms with E-state index >= 15 is 0 Å². The zero-order chi connectivity index (χ0) is 22.3. The second-order valence-corrected chi connectivity index (χ2v) is 9.23. The zero-order valence-corrected chi connectivity index (χ0v) is 17.7. The minimum absolute atomic E-state index is 0.246. The van der Waals surface area contributed by atoms with E-state index < -0.39 is 0 Å². The zero-order valence-electron chi connectivity index (χ0n) is 17.7. The molecule has 0 aliphatic carbocycles. The first-order valence-corrected chi connectivity index (χ1v) is 11.4. The molecule has 0 bridgehead atoms. The number of para-hydroxylation sites is 2. The van der Waals surface area contributed by atoms with Crippen LogP contribution in [0.5, 0.6) is 0 Å². The molecule has 0 saturated heterocycles. The van der Waals surface area contributed by atoms with E-state index in [0.29, 0.717) is 0 Å². The van der Waals surface area contributed by atoms with Crippen LogP contribution in [0.25, 0.3) is 76.2 Å². The van der Waals surface area contributed by atoms with Gasteiger partial charge in [0.05, 0.1) is 33.1 Å². The summed E-state index contributed by atoms with van der Waals surface area (Å²) in [5.74, 6) is -0.492. The van der Waals surface area contributed by atoms with Crippen molar-refractivity contribution in [3.8, 4) is 0 Å². The summed E-state index contributed by atoms with van der Waals surface area (Å²) in [6, 6.07) is 26.8. The van der Waals surface area contributed by atoms with E-state index in [1.807, 2.05) is 36.4 Å². The summed E-state index contributed by atoms with van der Waals surface area (Å²) >= 11 is 0. The number of fused-ring (bicyclic) bond motifs is 14. The van der Waals surface area contributed by atoms with Gasteiger partial charge < -0.3 is 8.80 Å². The maximum Gasteiger partial charge on any atom is 0.125 e. The van der Waals surface area contributed by atoms with Gasteiger partial charge in [0.25, 0.3) is 0 Å². The Morgan fingerprint density at radius 3 is 1.24 bits per heavy atom. The van der Waals surface area contributed by atoms with E-state index in [2.05, 4.69) is 33.1 Å². The summed E-state index contributed by atoms with van der Waals surface area (Å²) in [7, 11) is 0. The third-order valence-corrected chi connectivity index (χ3v) is 7.66. The summed E-state index contributed by atoms with van der Waals surface area (Å²) in [4.78, 5) is 0. The van der Waals surface area contributed by atoms with Crippen molar-refractivity contribution in [2.45, 2.75) is 0 Å². The lowest BCUT2D eigenvalue weighted by molar-refractivity contribution is 0.629. The second-order valence-electron chi connectivity index (χ2n) is 9.23. The van der Waals surface area contributed by atoms with Crippen LogP contribution >= 0.6 is 0 Å². The SMILES string of the molecule is Fc1ccc2c3c4c5ccccc5n5c6cc(F)ccc6c(c6c7ccccc7n(c2c1)c63)c45. The van der Waals surface area contributed by atoms with Crippen LogP contribution in [0.4, 0.5) is 8.78 Å². The highest BCUT2D eigenvalue weighted by atomic mass is 19.1. The van der Waals surface area contributed by atoms with Crippen molar-refractivity contribution in [2.24, 2.45) is 0 Å². The first-order valence-electron chi connectivity index (χ1n) is 11.4. The highest BCUT2D eigenvalue weighted by molar-refractivity contribution is 6.45. The van der Waals surface area contributed by atoms with Gasteiger partial charge in [-0.3, -0.25) is 0 Å². The number of nitrogens with zero attached hydrogens (tertiary/aromatic N) is 2. The molecule has 0 spiro atoms. The van der Waals surface area contributed by atoms with Gasteiger partial charge >= 0.3 is 0 Å². The fourth-order valence-electron chi connectivity index (χ4n) is 6.52. The molecular formula is C30H14F2N2. The molecule has 0 amide bonds. The Morgan fingerprint density at radius 2 is 0.794 bits per heavy atom. The van der Waals surface area contributed by atoms with Crippen LogP contribution in [-0.4, -0.2) is 8.80 Å². The number of hydrogen-bond acceptors (Lipinski definition) is 0. The summed E-state index contributed by atoms with van der Waals surface area (Å²) in [6.45, 7) is 0. The predicted octanol–water partition coefficient (Wildman–Crippen LogP) is 8.27. The molecule has 9 rings (SSSR count). The highest BCUT2D eigenvalue weighted by Gasteiger charge is 2.28. The van der Waals surface area contributed by atoms with E-state index in [1.54, 1.807) is 24.3 Å². The number of benzene rings is 5. The topological polar surface area (TPSA) is 8.82 Å². The van der Waals surface area contributed by atoms with Crippen molar-refractivity contribution < 1.29 is 8.78 Å². The van der Waals surface area contributed by atoms with Gasteiger partial charge in [0.1, 0.15) is 11.6 Å². The summed E-state index contributed by atoms with van der Waals surface area (Å²) in [5.41, 5.74) is 6.05. The number of halogens is 2. The molecule has 0 aliphatic rings. The highest BCUT2D eigenvalue weighted by Crippen LogP contribution is 2.51. The molecule has 4 heterocycles. The number of rotatable bonds is 0. The van der Waals surface area contributed by atoms with Gasteiger partial charge in [0, 0.05) is 43.1 Å². The largest absolute Gasteiger partial charge is 0.308 e. The fraction of sp³-hybridized carbons (Fsp3) is 0. The van der Waals surface area contributed by atoms with E-state index in [1.165, 1.54) is 0 Å². The lowest BCUT2D eigenvalue weighted by Gasteiger charge is -2.02. The quantitative estimate of drug-likeness (QED) is 0.224. The Morgan fingerprint density at radius 1 is 0.412 bits per heavy atom. The van der Waals surface area contributed by atoms with Gasteiger partial charge in [-0.1, -0.05) is 36.4 Å². The molecule has 34 heavy (non-hydrogen) atoms. The first kappa shape index (κ1) is 17.1. The Hall–Kier alpha value is -4.44. The monoisotopic (exact) mass is 440 g/mol. The summed E-state index contributed by atoms with van der Waals surface area (Å²) in [6.07, 6.45) is 0. The van der Waals surface area contributed by atoms with Crippen LogP contribution in [0.1, 0.15) is 0 Å². The van der Waals surface area contributed by atoms with Crippen LogP contribution in [0.2, 0.25) is 0 Å². The van der Waals surface area contributed by atoms with Gasteiger partial charge in [-0.25, -0.2) is 8.78 Å². The molecule has 0 atom stereocenters. The normalized spacial score (nSPS) is 13.0. The third kappa shape index (κ3) is 1.68. The van der Waals surface area contributed by atoms with Gasteiger partial charge in [0.2, 0.25) is 0 Å². The fourth-order valence-corrected chi connectivity index (χ4v) is 6.52. The van der Waals surface area contributed by atoms with Gasteiger partial charge in [0.15, 0.2) is 0 Å². The van der Waals surface area contributed by atoms with E-state index in [4.69, 9.17) is 0 Å². The smallest absolute Gasteiger partial charge is 0.125 e. The molecule has 0 unspecified atom stereocenters. The Kier molecular flexibility index (Phi) is 2.70. The van der Waals surface area contributed by atoms with Crippen LogP contribution in [-0.2, 0) is 0 Å². The number of aromatic nitrogens is 2. The van der Waals surface area contributed by atoms with Crippen LogP contribution in [0.3, 0.4) is 0 Å². The molecular weight excluding hydrogens is 426 g/mol. The molecule has 0 N–H and O–H groups in total. The second kappa shape index (κ2) is 5.37.